The Morgan fingerprint density at radius 1 is 1.41 bits per heavy atom. The quantitative estimate of drug-likeness (QED) is 0.737. The molecule has 22 heavy (non-hydrogen) atoms. The number of fused-ring (bicyclic) bond motifs is 1. The molecule has 1 N–H and O–H groups in total. The van der Waals surface area contributed by atoms with Crippen molar-refractivity contribution in [1.82, 2.24) is 29.5 Å². The van der Waals surface area contributed by atoms with Crippen LogP contribution in [0.5, 0.6) is 0 Å². The van der Waals surface area contributed by atoms with Gasteiger partial charge in [0, 0.05) is 18.4 Å². The van der Waals surface area contributed by atoms with Crippen molar-refractivity contribution < 1.29 is 4.79 Å². The Morgan fingerprint density at radius 3 is 3.05 bits per heavy atom. The van der Waals surface area contributed by atoms with Crippen LogP contribution in [0.15, 0.2) is 48.0 Å². The van der Waals surface area contributed by atoms with E-state index in [9.17, 15) is 9.59 Å². The molecule has 0 bridgehead atoms. The molecule has 0 radical (unpaired) electrons. The largest absolute Gasteiger partial charge is 0.347 e. The Morgan fingerprint density at radius 2 is 2.27 bits per heavy atom. The molecule has 0 aliphatic heterocycles. The summed E-state index contributed by atoms with van der Waals surface area (Å²) >= 11 is 0. The summed E-state index contributed by atoms with van der Waals surface area (Å²) in [7, 11) is 0. The maximum atomic E-state index is 12.3. The lowest BCUT2D eigenvalue weighted by atomic mass is 10.2. The molecule has 1 atom stereocenters. The summed E-state index contributed by atoms with van der Waals surface area (Å²) in [5.41, 5.74) is 0.116. The van der Waals surface area contributed by atoms with E-state index >= 15 is 0 Å². The molecule has 3 heterocycles. The number of pyridine rings is 1. The maximum absolute atomic E-state index is 12.3. The molecule has 0 aliphatic carbocycles. The highest BCUT2D eigenvalue weighted by Crippen LogP contribution is 1.98. The van der Waals surface area contributed by atoms with Crippen LogP contribution < -0.4 is 10.9 Å². The Hall–Kier alpha value is -3.03. The average Bonchev–Trinajstić information content (AvgIpc) is 3.00. The molecular formula is C14H14N6O2. The summed E-state index contributed by atoms with van der Waals surface area (Å²) in [6, 6.07) is 4.99. The molecule has 3 aromatic heterocycles. The van der Waals surface area contributed by atoms with Gasteiger partial charge in [0.05, 0.1) is 6.54 Å². The van der Waals surface area contributed by atoms with Crippen molar-refractivity contribution in [3.05, 3.63) is 59.2 Å². The van der Waals surface area contributed by atoms with Crippen LogP contribution in [0.3, 0.4) is 0 Å². The van der Waals surface area contributed by atoms with Gasteiger partial charge in [-0.1, -0.05) is 6.07 Å². The molecule has 0 saturated heterocycles. The second kappa shape index (κ2) is 5.76. The molecule has 3 rings (SSSR count). The van der Waals surface area contributed by atoms with Crippen LogP contribution in [0.2, 0.25) is 0 Å². The van der Waals surface area contributed by atoms with Crippen LogP contribution in [0.25, 0.3) is 5.65 Å². The van der Waals surface area contributed by atoms with Gasteiger partial charge >= 0.3 is 0 Å². The van der Waals surface area contributed by atoms with Gasteiger partial charge in [-0.3, -0.25) is 18.7 Å². The number of amides is 1. The highest BCUT2D eigenvalue weighted by molar-refractivity contribution is 5.93. The van der Waals surface area contributed by atoms with Crippen molar-refractivity contribution >= 4 is 11.6 Å². The van der Waals surface area contributed by atoms with Crippen LogP contribution in [-0.4, -0.2) is 36.1 Å². The van der Waals surface area contributed by atoms with Crippen LogP contribution >= 0.6 is 0 Å². The standard InChI is InChI=1S/C14H14N6O2/c1-10(7-19-9-15-8-17-19)18-13(21)11-6-16-12-4-2-3-5-20(12)14(11)22/h2-6,8-10H,7H2,1H3,(H,18,21). The van der Waals surface area contributed by atoms with Crippen LogP contribution in [0.4, 0.5) is 0 Å². The first-order chi connectivity index (χ1) is 10.6. The Bertz CT molecular complexity index is 855. The minimum Gasteiger partial charge on any atom is -0.347 e. The SMILES string of the molecule is CC(Cn1cncn1)NC(=O)c1cnc2ccccn2c1=O. The number of nitrogens with zero attached hydrogens (tertiary/aromatic N) is 5. The smallest absolute Gasteiger partial charge is 0.270 e. The van der Waals surface area contributed by atoms with Crippen molar-refractivity contribution in [3.63, 3.8) is 0 Å². The molecule has 1 amide bonds. The van der Waals surface area contributed by atoms with Gasteiger partial charge in [-0.25, -0.2) is 9.97 Å². The zero-order chi connectivity index (χ0) is 15.5. The molecule has 0 saturated carbocycles. The predicted octanol–water partition coefficient (Wildman–Crippen LogP) is 0.104. The van der Waals surface area contributed by atoms with Gasteiger partial charge in [-0.15, -0.1) is 0 Å². The van der Waals surface area contributed by atoms with E-state index in [2.05, 4.69) is 20.4 Å². The Balaban J connectivity index is 1.80. The fourth-order valence-corrected chi connectivity index (χ4v) is 2.14. The lowest BCUT2D eigenvalue weighted by Crippen LogP contribution is -2.39. The molecule has 3 aromatic rings. The second-order valence-corrected chi connectivity index (χ2v) is 4.90. The van der Waals surface area contributed by atoms with E-state index in [1.165, 1.54) is 16.9 Å². The predicted molar refractivity (Wildman–Crippen MR) is 78.4 cm³/mol. The van der Waals surface area contributed by atoms with Gasteiger partial charge < -0.3 is 5.32 Å². The summed E-state index contributed by atoms with van der Waals surface area (Å²) < 4.78 is 2.95. The molecule has 0 aliphatic rings. The third kappa shape index (κ3) is 2.71. The van der Waals surface area contributed by atoms with Crippen molar-refractivity contribution in [1.29, 1.82) is 0 Å². The zero-order valence-corrected chi connectivity index (χ0v) is 11.9. The lowest BCUT2D eigenvalue weighted by molar-refractivity contribution is 0.0934. The third-order valence-electron chi connectivity index (χ3n) is 3.16. The maximum Gasteiger partial charge on any atom is 0.270 e. The first-order valence-corrected chi connectivity index (χ1v) is 6.75. The van der Waals surface area contributed by atoms with E-state index in [0.717, 1.165) is 0 Å². The molecule has 8 heteroatoms. The van der Waals surface area contributed by atoms with Crippen molar-refractivity contribution in [2.45, 2.75) is 19.5 Å². The summed E-state index contributed by atoms with van der Waals surface area (Å²) in [6.45, 7) is 2.29. The van der Waals surface area contributed by atoms with Crippen molar-refractivity contribution in [3.8, 4) is 0 Å². The average molecular weight is 298 g/mol. The number of carbonyl (C=O) groups excluding carboxylic acids is 1. The monoisotopic (exact) mass is 298 g/mol. The molecular weight excluding hydrogens is 284 g/mol. The fourth-order valence-electron chi connectivity index (χ4n) is 2.14. The van der Waals surface area contributed by atoms with Gasteiger partial charge in [-0.2, -0.15) is 5.10 Å². The first kappa shape index (κ1) is 13.9. The lowest BCUT2D eigenvalue weighted by Gasteiger charge is -2.13. The molecule has 0 spiro atoms. The normalized spacial score (nSPS) is 12.2. The summed E-state index contributed by atoms with van der Waals surface area (Å²) in [4.78, 5) is 32.5. The van der Waals surface area contributed by atoms with Gasteiger partial charge in [0.15, 0.2) is 0 Å². The summed E-state index contributed by atoms with van der Waals surface area (Å²) in [6.07, 6.45) is 5.87. The number of aromatic nitrogens is 5. The summed E-state index contributed by atoms with van der Waals surface area (Å²) in [5.74, 6) is -0.455. The molecule has 0 fully saturated rings. The molecule has 8 nitrogen and oxygen atoms in total. The van der Waals surface area contributed by atoms with Crippen molar-refractivity contribution in [2.24, 2.45) is 0 Å². The van der Waals surface area contributed by atoms with E-state index < -0.39 is 11.5 Å². The van der Waals surface area contributed by atoms with Gasteiger partial charge in [0.2, 0.25) is 0 Å². The van der Waals surface area contributed by atoms with Gasteiger partial charge in [0.1, 0.15) is 23.9 Å². The van der Waals surface area contributed by atoms with Crippen LogP contribution in [0, 0.1) is 0 Å². The number of rotatable bonds is 4. The van der Waals surface area contributed by atoms with E-state index in [4.69, 9.17) is 0 Å². The molecule has 0 aromatic carbocycles. The Kier molecular flexibility index (Phi) is 3.65. The first-order valence-electron chi connectivity index (χ1n) is 6.75. The number of carbonyl (C=O) groups is 1. The third-order valence-corrected chi connectivity index (χ3v) is 3.16. The number of nitrogens with one attached hydrogen (secondary N) is 1. The van der Waals surface area contributed by atoms with E-state index in [1.54, 1.807) is 35.4 Å². The minimum atomic E-state index is -0.455. The van der Waals surface area contributed by atoms with Crippen molar-refractivity contribution in [2.75, 3.05) is 0 Å². The number of hydrogen-bond acceptors (Lipinski definition) is 5. The van der Waals surface area contributed by atoms with Crippen LogP contribution in [-0.2, 0) is 6.54 Å². The highest BCUT2D eigenvalue weighted by atomic mass is 16.2. The van der Waals surface area contributed by atoms with Gasteiger partial charge in [0.25, 0.3) is 11.5 Å². The van der Waals surface area contributed by atoms with E-state index in [-0.39, 0.29) is 11.6 Å². The van der Waals surface area contributed by atoms with E-state index in [1.807, 2.05) is 6.92 Å². The van der Waals surface area contributed by atoms with Crippen LogP contribution in [0.1, 0.15) is 17.3 Å². The van der Waals surface area contributed by atoms with Gasteiger partial charge in [-0.05, 0) is 19.1 Å². The topological polar surface area (TPSA) is 94.2 Å². The molecule has 1 unspecified atom stereocenters. The molecule has 112 valence electrons. The minimum absolute atomic E-state index is 0.00846. The Labute approximate surface area is 125 Å². The fraction of sp³-hybridized carbons (Fsp3) is 0.214. The zero-order valence-electron chi connectivity index (χ0n) is 11.9. The highest BCUT2D eigenvalue weighted by Gasteiger charge is 2.15. The second-order valence-electron chi connectivity index (χ2n) is 4.90. The summed E-state index contributed by atoms with van der Waals surface area (Å²) in [5, 5.41) is 6.73. The van der Waals surface area contributed by atoms with E-state index in [0.29, 0.717) is 12.2 Å². The number of hydrogen-bond donors (Lipinski definition) is 1.